The van der Waals surface area contributed by atoms with Crippen LogP contribution in [0.5, 0.6) is 11.5 Å². The Bertz CT molecular complexity index is 1430. The highest BCUT2D eigenvalue weighted by Crippen LogP contribution is 2.47. The van der Waals surface area contributed by atoms with Crippen LogP contribution in [0, 0.1) is 21.3 Å². The number of phenolic OH excluding ortho intramolecular Hbond substituents is 1. The second-order valence-electron chi connectivity index (χ2n) is 10.9. The number of allylic oxidation sites excluding steroid dienone is 1. The molecular weight excluding hydrogens is 668 g/mol. The fraction of sp³-hybridized carbons (Fsp3) is 0.419. The van der Waals surface area contributed by atoms with Crippen molar-refractivity contribution in [1.82, 2.24) is 0 Å². The molecule has 0 bridgehead atoms. The zero-order chi connectivity index (χ0) is 31.4. The van der Waals surface area contributed by atoms with Gasteiger partial charge in [0.1, 0.15) is 0 Å². The number of carbonyl (C=O) groups excluding carboxylic acids is 2. The zero-order valence-corrected chi connectivity index (χ0v) is 26.5. The van der Waals surface area contributed by atoms with Crippen LogP contribution in [0.1, 0.15) is 38.2 Å². The van der Waals surface area contributed by atoms with E-state index in [1.807, 2.05) is 41.7 Å². The summed E-state index contributed by atoms with van der Waals surface area (Å²) in [5.74, 6) is -2.89. The van der Waals surface area contributed by atoms with Crippen LogP contribution in [0.3, 0.4) is 0 Å². The monoisotopic (exact) mass is 705 g/mol. The number of halogens is 1. The molecule has 2 aromatic carbocycles. The van der Waals surface area contributed by atoms with Crippen molar-refractivity contribution in [1.29, 1.82) is 0 Å². The van der Waals surface area contributed by atoms with Crippen molar-refractivity contribution in [2.24, 2.45) is 17.8 Å². The Morgan fingerprint density at radius 3 is 2.56 bits per heavy atom. The number of aliphatic hydroxyl groups is 2. The maximum Gasteiger partial charge on any atom is 0.488 e. The highest BCUT2D eigenvalue weighted by molar-refractivity contribution is 14.1. The number of methoxy groups -OCH3 is 2. The molecule has 1 heterocycles. The predicted molar refractivity (Wildman–Crippen MR) is 171 cm³/mol. The molecule has 10 nitrogen and oxygen atoms in total. The maximum atomic E-state index is 13.7. The summed E-state index contributed by atoms with van der Waals surface area (Å²) in [6, 6.07) is 9.54. The number of fused-ring (bicyclic) bond motifs is 1. The number of phenols is 1. The van der Waals surface area contributed by atoms with Gasteiger partial charge in [-0.25, -0.2) is 0 Å². The first-order valence-electron chi connectivity index (χ1n) is 14.2. The van der Waals surface area contributed by atoms with Crippen molar-refractivity contribution in [3.05, 3.63) is 62.3 Å². The van der Waals surface area contributed by atoms with Crippen LogP contribution in [-0.2, 0) is 14.3 Å². The van der Waals surface area contributed by atoms with E-state index in [1.165, 1.54) is 32.4 Å². The molecule has 0 aromatic heterocycles. The van der Waals surface area contributed by atoms with Crippen LogP contribution in [0.25, 0.3) is 6.08 Å². The Morgan fingerprint density at radius 2 is 1.93 bits per heavy atom. The van der Waals surface area contributed by atoms with E-state index in [2.05, 4.69) is 0 Å². The summed E-state index contributed by atoms with van der Waals surface area (Å²) < 4.78 is 11.4. The van der Waals surface area contributed by atoms with Crippen LogP contribution in [0.4, 0.5) is 5.69 Å². The third-order valence-electron chi connectivity index (χ3n) is 8.32. The molecule has 1 aliphatic heterocycles. The van der Waals surface area contributed by atoms with Gasteiger partial charge in [-0.05, 0) is 94.7 Å². The van der Waals surface area contributed by atoms with Gasteiger partial charge in [0.05, 0.1) is 47.5 Å². The number of rotatable bonds is 12. The summed E-state index contributed by atoms with van der Waals surface area (Å²) in [4.78, 5) is 28.4. The molecule has 1 saturated heterocycles. The van der Waals surface area contributed by atoms with Gasteiger partial charge < -0.3 is 34.8 Å². The van der Waals surface area contributed by atoms with E-state index in [4.69, 9.17) is 9.47 Å². The van der Waals surface area contributed by atoms with Gasteiger partial charge in [0.2, 0.25) is 11.8 Å². The lowest BCUT2D eigenvalue weighted by Crippen LogP contribution is -2.40. The number of anilines is 1. The van der Waals surface area contributed by atoms with E-state index in [-0.39, 0.29) is 29.9 Å². The minimum absolute atomic E-state index is 0.0779. The molecule has 2 aliphatic rings. The first-order chi connectivity index (χ1) is 20.6. The fourth-order valence-electron chi connectivity index (χ4n) is 6.24. The second kappa shape index (κ2) is 14.4. The molecule has 0 radical (unpaired) electrons. The number of ether oxygens (including phenoxy) is 2. The molecule has 43 heavy (non-hydrogen) atoms. The Hall–Kier alpha value is -2.75. The molecule has 5 N–H and O–H groups in total. The molecule has 1 fully saturated rings. The van der Waals surface area contributed by atoms with Gasteiger partial charge in [-0.1, -0.05) is 30.7 Å². The molecule has 12 heteroatoms. The zero-order valence-electron chi connectivity index (χ0n) is 24.4. The fourth-order valence-corrected chi connectivity index (χ4v) is 6.87. The van der Waals surface area contributed by atoms with E-state index in [9.17, 15) is 35.0 Å². The van der Waals surface area contributed by atoms with Crippen molar-refractivity contribution in [2.75, 3.05) is 32.3 Å². The van der Waals surface area contributed by atoms with Gasteiger partial charge >= 0.3 is 7.12 Å². The Balaban J connectivity index is 1.61. The average molecular weight is 705 g/mol. The molecule has 2 aromatic rings. The number of amides is 2. The van der Waals surface area contributed by atoms with Gasteiger partial charge in [-0.15, -0.1) is 0 Å². The van der Waals surface area contributed by atoms with Gasteiger partial charge in [0, 0.05) is 13.0 Å². The number of aromatic hydroxyl groups is 1. The molecular formula is C31H37BINO9. The summed E-state index contributed by atoms with van der Waals surface area (Å²) in [6.07, 6.45) is 2.78. The van der Waals surface area contributed by atoms with E-state index in [1.54, 1.807) is 12.1 Å². The van der Waals surface area contributed by atoms with Gasteiger partial charge in [-0.3, -0.25) is 14.5 Å². The molecule has 230 valence electrons. The van der Waals surface area contributed by atoms with Crippen LogP contribution in [-0.4, -0.2) is 77.8 Å². The maximum absolute atomic E-state index is 13.7. The summed E-state index contributed by atoms with van der Waals surface area (Å²) in [7, 11) is 1.24. The quantitative estimate of drug-likeness (QED) is 0.0969. The first-order valence-corrected chi connectivity index (χ1v) is 15.2. The Labute approximate surface area is 264 Å². The number of hydrogen-bond acceptors (Lipinski definition) is 9. The van der Waals surface area contributed by atoms with Crippen molar-refractivity contribution >= 4 is 58.7 Å². The summed E-state index contributed by atoms with van der Waals surface area (Å²) >= 11 is 2.04. The smallest absolute Gasteiger partial charge is 0.488 e. The third-order valence-corrected chi connectivity index (χ3v) is 9.14. The first kappa shape index (κ1) is 33.2. The molecule has 1 aliphatic carbocycles. The van der Waals surface area contributed by atoms with Crippen LogP contribution >= 0.6 is 22.6 Å². The van der Waals surface area contributed by atoms with E-state index >= 15 is 0 Å². The number of carbonyl (C=O) groups is 2. The summed E-state index contributed by atoms with van der Waals surface area (Å²) in [5.41, 5.74) is 3.49. The minimum Gasteiger partial charge on any atom is -0.504 e. The SMILES string of the molecule is CC/C(=C\c1cc(I)c(O)c(OC)c1)CC[C@@H](O)C1=C(COC)C[C@H]2C(=O)N(c3cccc(B(O)O)c3)C(=O)[C@H]2[C@H]1CO. The topological polar surface area (TPSA) is 157 Å². The van der Waals surface area contributed by atoms with Gasteiger partial charge in [0.25, 0.3) is 0 Å². The van der Waals surface area contributed by atoms with E-state index < -0.39 is 49.4 Å². The normalized spacial score (nSPS) is 21.3. The Kier molecular flexibility index (Phi) is 11.1. The van der Waals surface area contributed by atoms with Gasteiger partial charge in [0.15, 0.2) is 11.5 Å². The lowest BCUT2D eigenvalue weighted by molar-refractivity contribution is -0.123. The number of hydrogen-bond donors (Lipinski definition) is 5. The molecule has 4 rings (SSSR count). The van der Waals surface area contributed by atoms with Crippen LogP contribution in [0.2, 0.25) is 0 Å². The lowest BCUT2D eigenvalue weighted by atomic mass is 9.68. The number of imide groups is 1. The largest absolute Gasteiger partial charge is 0.504 e. The second-order valence-corrected chi connectivity index (χ2v) is 12.0. The third kappa shape index (κ3) is 6.84. The van der Waals surface area contributed by atoms with Crippen LogP contribution < -0.4 is 15.1 Å². The summed E-state index contributed by atoms with van der Waals surface area (Å²) in [6.45, 7) is 1.72. The number of aliphatic hydroxyl groups excluding tert-OH is 2. The van der Waals surface area contributed by atoms with E-state index in [0.29, 0.717) is 39.7 Å². The van der Waals surface area contributed by atoms with Crippen LogP contribution in [0.15, 0.2) is 53.1 Å². The highest BCUT2D eigenvalue weighted by Gasteiger charge is 2.55. The number of benzene rings is 2. The molecule has 0 spiro atoms. The standard InChI is InChI=1S/C31H37BINO9/c1-4-17(10-18-11-24(33)29(37)26(12-18)43-3)8-9-25(36)27-19(16-42-2)13-22-28(23(27)15-35)31(39)34(30(22)38)21-7-5-6-20(14-21)32(40)41/h5-7,10-12,14,22-23,25,28,35-37,40-41H,4,8-9,13,15-16H2,1-3H3/b17-10+/t22-,23+,25-,28-/m1/s1. The average Bonchev–Trinajstić information content (AvgIpc) is 3.24. The van der Waals surface area contributed by atoms with Gasteiger partial charge in [-0.2, -0.15) is 0 Å². The number of nitrogens with zero attached hydrogens (tertiary/aromatic N) is 1. The van der Waals surface area contributed by atoms with E-state index in [0.717, 1.165) is 16.0 Å². The van der Waals surface area contributed by atoms with Crippen molar-refractivity contribution in [3.63, 3.8) is 0 Å². The molecule has 0 unspecified atom stereocenters. The lowest BCUT2D eigenvalue weighted by Gasteiger charge is -2.36. The predicted octanol–water partition coefficient (Wildman–Crippen LogP) is 2.38. The van der Waals surface area contributed by atoms with Crippen molar-refractivity contribution in [3.8, 4) is 11.5 Å². The minimum atomic E-state index is -1.77. The Morgan fingerprint density at radius 1 is 1.19 bits per heavy atom. The van der Waals surface area contributed by atoms with Crippen molar-refractivity contribution < 1.29 is 44.4 Å². The highest BCUT2D eigenvalue weighted by atomic mass is 127. The molecule has 4 atom stereocenters. The molecule has 0 saturated carbocycles. The summed E-state index contributed by atoms with van der Waals surface area (Å²) in [5, 5.41) is 51.5. The van der Waals surface area contributed by atoms with Crippen molar-refractivity contribution in [2.45, 2.75) is 38.7 Å². The molecule has 2 amide bonds.